The van der Waals surface area contributed by atoms with Crippen LogP contribution >= 0.6 is 0 Å². The molecular formula is C31H35N3O3. The maximum atomic E-state index is 14.0. The van der Waals surface area contributed by atoms with E-state index in [-0.39, 0.29) is 12.0 Å². The molecule has 0 bridgehead atoms. The lowest BCUT2D eigenvalue weighted by Crippen LogP contribution is -2.49. The molecule has 0 spiro atoms. The van der Waals surface area contributed by atoms with Crippen molar-refractivity contribution in [3.8, 4) is 11.5 Å². The molecule has 1 amide bonds. The number of benzene rings is 3. The number of para-hydroxylation sites is 2. The second-order valence-corrected chi connectivity index (χ2v) is 9.58. The second kappa shape index (κ2) is 11.0. The van der Waals surface area contributed by atoms with Crippen LogP contribution in [0.1, 0.15) is 36.3 Å². The Morgan fingerprint density at radius 1 is 0.892 bits per heavy atom. The summed E-state index contributed by atoms with van der Waals surface area (Å²) in [4.78, 5) is 18.2. The molecule has 0 radical (unpaired) electrons. The number of carbonyl (C=O) groups is 1. The Hall–Kier alpha value is -3.93. The van der Waals surface area contributed by atoms with E-state index in [4.69, 9.17) is 9.47 Å². The topological polar surface area (TPSA) is 46.9 Å². The molecule has 1 aliphatic rings. The summed E-state index contributed by atoms with van der Waals surface area (Å²) in [6, 6.07) is 26.5. The van der Waals surface area contributed by atoms with Crippen LogP contribution in [0, 0.1) is 0 Å². The molecule has 1 unspecified atom stereocenters. The number of anilines is 1. The number of carbonyl (C=O) groups excluding carboxylic acids is 1. The largest absolute Gasteiger partial charge is 0.495 e. The first-order valence-corrected chi connectivity index (χ1v) is 13.1. The zero-order chi connectivity index (χ0) is 25.8. The van der Waals surface area contributed by atoms with E-state index in [1.54, 1.807) is 7.11 Å². The quantitative estimate of drug-likeness (QED) is 0.307. The molecule has 0 N–H and O–H groups in total. The summed E-state index contributed by atoms with van der Waals surface area (Å²) in [6.45, 7) is 7.64. The maximum absolute atomic E-state index is 14.0. The van der Waals surface area contributed by atoms with Gasteiger partial charge in [-0.2, -0.15) is 0 Å². The number of aromatic nitrogens is 1. The highest BCUT2D eigenvalue weighted by molar-refractivity contribution is 6.00. The average Bonchev–Trinajstić information content (AvgIpc) is 3.32. The minimum Gasteiger partial charge on any atom is -0.495 e. The van der Waals surface area contributed by atoms with Gasteiger partial charge in [-0.15, -0.1) is 0 Å². The van der Waals surface area contributed by atoms with Crippen LogP contribution in [-0.4, -0.2) is 54.8 Å². The number of nitrogens with zero attached hydrogens (tertiary/aromatic N) is 3. The first kappa shape index (κ1) is 24.8. The van der Waals surface area contributed by atoms with Crippen molar-refractivity contribution in [2.24, 2.45) is 0 Å². The summed E-state index contributed by atoms with van der Waals surface area (Å²) in [5.74, 6) is 1.74. The number of amides is 1. The molecule has 6 heteroatoms. The predicted molar refractivity (Wildman–Crippen MR) is 149 cm³/mol. The monoisotopic (exact) mass is 497 g/mol. The third-order valence-corrected chi connectivity index (χ3v) is 7.20. The fraction of sp³-hybridized carbons (Fsp3) is 0.323. The molecule has 4 aromatic rings. The van der Waals surface area contributed by atoms with Crippen LogP contribution in [0.3, 0.4) is 0 Å². The number of fused-ring (bicyclic) bond motifs is 1. The SMILES string of the molecule is CCC(C)Oc1cccc2c1cc(C(=O)N1CCN(c3ccccc3OC)CC1)n2Cc1ccccc1. The van der Waals surface area contributed by atoms with Crippen molar-refractivity contribution < 1.29 is 14.3 Å². The highest BCUT2D eigenvalue weighted by atomic mass is 16.5. The van der Waals surface area contributed by atoms with E-state index in [1.807, 2.05) is 59.5 Å². The molecule has 1 aromatic heterocycles. The fourth-order valence-corrected chi connectivity index (χ4v) is 4.98. The smallest absolute Gasteiger partial charge is 0.270 e. The van der Waals surface area contributed by atoms with Gasteiger partial charge in [0.15, 0.2) is 0 Å². The summed E-state index contributed by atoms with van der Waals surface area (Å²) in [5, 5.41) is 0.981. The Morgan fingerprint density at radius 2 is 1.59 bits per heavy atom. The zero-order valence-electron chi connectivity index (χ0n) is 21.9. The van der Waals surface area contributed by atoms with Gasteiger partial charge in [-0.05, 0) is 49.2 Å². The molecular weight excluding hydrogens is 462 g/mol. The lowest BCUT2D eigenvalue weighted by molar-refractivity contribution is 0.0737. The van der Waals surface area contributed by atoms with E-state index in [2.05, 4.69) is 47.6 Å². The minimum atomic E-state index is 0.0568. The first-order valence-electron chi connectivity index (χ1n) is 13.1. The molecule has 1 aliphatic heterocycles. The number of piperazine rings is 1. The number of ether oxygens (including phenoxy) is 2. The van der Waals surface area contributed by atoms with Crippen LogP contribution < -0.4 is 14.4 Å². The van der Waals surface area contributed by atoms with E-state index >= 15 is 0 Å². The van der Waals surface area contributed by atoms with Crippen molar-refractivity contribution >= 4 is 22.5 Å². The van der Waals surface area contributed by atoms with E-state index < -0.39 is 0 Å². The van der Waals surface area contributed by atoms with Crippen LogP contribution in [0.25, 0.3) is 10.9 Å². The number of hydrogen-bond acceptors (Lipinski definition) is 4. The molecule has 6 nitrogen and oxygen atoms in total. The Bertz CT molecular complexity index is 1360. The number of methoxy groups -OCH3 is 1. The zero-order valence-corrected chi connectivity index (χ0v) is 21.9. The van der Waals surface area contributed by atoms with Gasteiger partial charge in [0.1, 0.15) is 17.2 Å². The highest BCUT2D eigenvalue weighted by Crippen LogP contribution is 2.32. The molecule has 3 aromatic carbocycles. The third-order valence-electron chi connectivity index (χ3n) is 7.20. The normalized spacial score (nSPS) is 14.6. The number of hydrogen-bond donors (Lipinski definition) is 0. The molecule has 5 rings (SSSR count). The Balaban J connectivity index is 1.45. The van der Waals surface area contributed by atoms with Crippen molar-refractivity contribution in [3.63, 3.8) is 0 Å². The summed E-state index contributed by atoms with van der Waals surface area (Å²) in [6.07, 6.45) is 1.02. The van der Waals surface area contributed by atoms with Crippen LogP contribution in [0.2, 0.25) is 0 Å². The molecule has 0 aliphatic carbocycles. The lowest BCUT2D eigenvalue weighted by atomic mass is 10.2. The van der Waals surface area contributed by atoms with Crippen LogP contribution in [0.4, 0.5) is 5.69 Å². The Kier molecular flexibility index (Phi) is 7.35. The summed E-state index contributed by atoms with van der Waals surface area (Å²) >= 11 is 0. The minimum absolute atomic E-state index is 0.0568. The Morgan fingerprint density at radius 3 is 2.32 bits per heavy atom. The van der Waals surface area contributed by atoms with Gasteiger partial charge in [0.05, 0.1) is 24.4 Å². The van der Waals surface area contributed by atoms with Gasteiger partial charge >= 0.3 is 0 Å². The van der Waals surface area contributed by atoms with Gasteiger partial charge in [0.2, 0.25) is 0 Å². The van der Waals surface area contributed by atoms with Gasteiger partial charge in [0, 0.05) is 38.1 Å². The van der Waals surface area contributed by atoms with E-state index in [1.165, 1.54) is 0 Å². The molecule has 1 fully saturated rings. The predicted octanol–water partition coefficient (Wildman–Crippen LogP) is 5.84. The molecule has 1 atom stereocenters. The van der Waals surface area contributed by atoms with Crippen molar-refractivity contribution in [1.82, 2.24) is 9.47 Å². The molecule has 37 heavy (non-hydrogen) atoms. The average molecular weight is 498 g/mol. The summed E-state index contributed by atoms with van der Waals surface area (Å²) in [5.41, 5.74) is 3.94. The molecule has 0 saturated carbocycles. The van der Waals surface area contributed by atoms with Crippen molar-refractivity contribution in [3.05, 3.63) is 90.1 Å². The second-order valence-electron chi connectivity index (χ2n) is 9.58. The van der Waals surface area contributed by atoms with Crippen LogP contribution in [0.15, 0.2) is 78.9 Å². The highest BCUT2D eigenvalue weighted by Gasteiger charge is 2.27. The summed E-state index contributed by atoms with van der Waals surface area (Å²) in [7, 11) is 1.70. The molecule has 192 valence electrons. The van der Waals surface area contributed by atoms with Gasteiger partial charge in [-0.25, -0.2) is 0 Å². The summed E-state index contributed by atoms with van der Waals surface area (Å²) < 4.78 is 13.9. The van der Waals surface area contributed by atoms with E-state index in [9.17, 15) is 4.79 Å². The molecule has 1 saturated heterocycles. The van der Waals surface area contributed by atoms with Crippen molar-refractivity contribution in [1.29, 1.82) is 0 Å². The standard InChI is InChI=1S/C31H35N3O3/c1-4-23(2)37-29-16-10-14-26-25(29)21-28(34(26)22-24-11-6-5-7-12-24)31(35)33-19-17-32(18-20-33)27-13-8-9-15-30(27)36-3/h5-16,21,23H,4,17-20,22H2,1-3H3. The van der Waals surface area contributed by atoms with E-state index in [0.717, 1.165) is 53.2 Å². The third kappa shape index (κ3) is 5.15. The van der Waals surface area contributed by atoms with Gasteiger partial charge in [-0.3, -0.25) is 4.79 Å². The maximum Gasteiger partial charge on any atom is 0.270 e. The van der Waals surface area contributed by atoms with E-state index in [0.29, 0.717) is 25.3 Å². The first-order chi connectivity index (χ1) is 18.1. The van der Waals surface area contributed by atoms with Crippen LogP contribution in [0.5, 0.6) is 11.5 Å². The van der Waals surface area contributed by atoms with Crippen molar-refractivity contribution in [2.75, 3.05) is 38.2 Å². The fourth-order valence-electron chi connectivity index (χ4n) is 4.98. The van der Waals surface area contributed by atoms with Gasteiger partial charge < -0.3 is 23.8 Å². The molecule has 2 heterocycles. The Labute approximate surface area is 219 Å². The van der Waals surface area contributed by atoms with Gasteiger partial charge in [0.25, 0.3) is 5.91 Å². The lowest BCUT2D eigenvalue weighted by Gasteiger charge is -2.36. The van der Waals surface area contributed by atoms with Crippen molar-refractivity contribution in [2.45, 2.75) is 32.9 Å². The van der Waals surface area contributed by atoms with Gasteiger partial charge in [-0.1, -0.05) is 55.5 Å². The number of rotatable bonds is 8. The van der Waals surface area contributed by atoms with Crippen LogP contribution in [-0.2, 0) is 6.54 Å².